The van der Waals surface area contributed by atoms with E-state index in [2.05, 4.69) is 6.92 Å². The molecule has 0 bridgehead atoms. The molecule has 1 aliphatic heterocycles. The predicted molar refractivity (Wildman–Crippen MR) is 81.4 cm³/mol. The van der Waals surface area contributed by atoms with Crippen molar-refractivity contribution in [2.45, 2.75) is 83.7 Å². The molecule has 0 amide bonds. The zero-order valence-corrected chi connectivity index (χ0v) is 12.9. The average molecular weight is 282 g/mol. The highest BCUT2D eigenvalue weighted by Gasteiger charge is 2.07. The number of hydrogen-bond acceptors (Lipinski definition) is 3. The molecule has 0 aromatic heterocycles. The summed E-state index contributed by atoms with van der Waals surface area (Å²) in [5.41, 5.74) is 0. The lowest BCUT2D eigenvalue weighted by molar-refractivity contribution is -0.315. The van der Waals surface area contributed by atoms with E-state index in [1.54, 1.807) is 6.08 Å². The maximum absolute atomic E-state index is 11.7. The van der Waals surface area contributed by atoms with Gasteiger partial charge in [-0.2, -0.15) is 0 Å². The Morgan fingerprint density at radius 1 is 1.05 bits per heavy atom. The zero-order valence-electron chi connectivity index (χ0n) is 12.9. The standard InChI is InChI=1S/C17H30O3/c1-2-11-17-14-13-16(18)12-9-7-5-3-4-6-8-10-15-19-20-17/h13-14,17H,2-12,15H2,1H3/b14-13-/t17-/m0/s1. The molecule has 3 heteroatoms. The van der Waals surface area contributed by atoms with Gasteiger partial charge in [0.2, 0.25) is 0 Å². The van der Waals surface area contributed by atoms with Crippen LogP contribution >= 0.6 is 0 Å². The van der Waals surface area contributed by atoms with Gasteiger partial charge in [0.05, 0.1) is 6.61 Å². The largest absolute Gasteiger partial charge is 0.295 e. The first-order valence-corrected chi connectivity index (χ1v) is 8.32. The van der Waals surface area contributed by atoms with Crippen LogP contribution < -0.4 is 0 Å². The molecule has 1 rings (SSSR count). The van der Waals surface area contributed by atoms with Crippen molar-refractivity contribution in [2.75, 3.05) is 6.61 Å². The third kappa shape index (κ3) is 9.27. The van der Waals surface area contributed by atoms with Crippen LogP contribution in [0, 0.1) is 0 Å². The van der Waals surface area contributed by atoms with E-state index in [0.29, 0.717) is 13.0 Å². The minimum atomic E-state index is -0.0862. The van der Waals surface area contributed by atoms with Gasteiger partial charge >= 0.3 is 0 Å². The number of ketones is 1. The molecule has 1 atom stereocenters. The highest BCUT2D eigenvalue weighted by molar-refractivity contribution is 5.89. The van der Waals surface area contributed by atoms with Crippen LogP contribution in [0.3, 0.4) is 0 Å². The van der Waals surface area contributed by atoms with E-state index in [9.17, 15) is 4.79 Å². The van der Waals surface area contributed by atoms with E-state index in [1.807, 2.05) is 6.08 Å². The molecule has 0 saturated carbocycles. The van der Waals surface area contributed by atoms with Crippen LogP contribution in [-0.2, 0) is 14.6 Å². The summed E-state index contributed by atoms with van der Waals surface area (Å²) in [5, 5.41) is 0. The molecule has 0 N–H and O–H groups in total. The van der Waals surface area contributed by atoms with Gasteiger partial charge in [-0.15, -0.1) is 0 Å². The molecule has 20 heavy (non-hydrogen) atoms. The Hall–Kier alpha value is -0.670. The molecule has 0 aromatic carbocycles. The molecule has 0 saturated heterocycles. The number of hydrogen-bond donors (Lipinski definition) is 0. The fourth-order valence-electron chi connectivity index (χ4n) is 2.42. The van der Waals surface area contributed by atoms with Crippen molar-refractivity contribution in [1.29, 1.82) is 0 Å². The Kier molecular flexibility index (Phi) is 10.5. The minimum absolute atomic E-state index is 0.0862. The fourth-order valence-corrected chi connectivity index (χ4v) is 2.42. The molecular weight excluding hydrogens is 252 g/mol. The van der Waals surface area contributed by atoms with Gasteiger partial charge in [0.15, 0.2) is 5.78 Å². The number of allylic oxidation sites excluding steroid dienone is 1. The molecule has 1 aliphatic rings. The summed E-state index contributed by atoms with van der Waals surface area (Å²) in [6, 6.07) is 0. The first-order chi connectivity index (χ1) is 9.83. The van der Waals surface area contributed by atoms with Crippen molar-refractivity contribution >= 4 is 5.78 Å². The Balaban J connectivity index is 2.40. The monoisotopic (exact) mass is 282 g/mol. The van der Waals surface area contributed by atoms with E-state index in [4.69, 9.17) is 9.78 Å². The summed E-state index contributed by atoms with van der Waals surface area (Å²) in [6.45, 7) is 2.76. The van der Waals surface area contributed by atoms with Crippen LogP contribution in [0.2, 0.25) is 0 Å². The van der Waals surface area contributed by atoms with Crippen LogP contribution in [0.5, 0.6) is 0 Å². The molecular formula is C17H30O3. The van der Waals surface area contributed by atoms with E-state index >= 15 is 0 Å². The molecule has 116 valence electrons. The third-order valence-electron chi connectivity index (χ3n) is 3.66. The molecule has 0 unspecified atom stereocenters. The summed E-state index contributed by atoms with van der Waals surface area (Å²) in [7, 11) is 0. The van der Waals surface area contributed by atoms with Crippen molar-refractivity contribution in [3.8, 4) is 0 Å². The lowest BCUT2D eigenvalue weighted by Crippen LogP contribution is -2.11. The second-order valence-electron chi connectivity index (χ2n) is 5.65. The van der Waals surface area contributed by atoms with Gasteiger partial charge < -0.3 is 0 Å². The smallest absolute Gasteiger partial charge is 0.155 e. The summed E-state index contributed by atoms with van der Waals surface area (Å²) in [4.78, 5) is 22.4. The number of carbonyl (C=O) groups excluding carboxylic acids is 1. The molecule has 0 fully saturated rings. The van der Waals surface area contributed by atoms with Gasteiger partial charge in [-0.05, 0) is 31.4 Å². The van der Waals surface area contributed by atoms with E-state index in [0.717, 1.165) is 25.7 Å². The van der Waals surface area contributed by atoms with Crippen molar-refractivity contribution in [2.24, 2.45) is 0 Å². The van der Waals surface area contributed by atoms with E-state index < -0.39 is 0 Å². The lowest BCUT2D eigenvalue weighted by Gasteiger charge is -2.12. The van der Waals surface area contributed by atoms with Gasteiger partial charge in [-0.1, -0.05) is 51.9 Å². The second-order valence-corrected chi connectivity index (χ2v) is 5.65. The van der Waals surface area contributed by atoms with Crippen molar-refractivity contribution in [3.05, 3.63) is 12.2 Å². The Morgan fingerprint density at radius 3 is 2.40 bits per heavy atom. The predicted octanol–water partition coefficient (Wildman–Crippen LogP) is 4.75. The fraction of sp³-hybridized carbons (Fsp3) is 0.824. The van der Waals surface area contributed by atoms with Gasteiger partial charge in [-0.25, -0.2) is 9.78 Å². The van der Waals surface area contributed by atoms with Crippen molar-refractivity contribution in [3.63, 3.8) is 0 Å². The van der Waals surface area contributed by atoms with Gasteiger partial charge in [0.1, 0.15) is 6.10 Å². The molecule has 0 radical (unpaired) electrons. The Bertz CT molecular complexity index is 273. The molecule has 0 aromatic rings. The molecule has 3 nitrogen and oxygen atoms in total. The average Bonchev–Trinajstić information content (AvgIpc) is 2.44. The van der Waals surface area contributed by atoms with E-state index in [-0.39, 0.29) is 11.9 Å². The van der Waals surface area contributed by atoms with Crippen LogP contribution in [0.25, 0.3) is 0 Å². The first kappa shape index (κ1) is 17.4. The summed E-state index contributed by atoms with van der Waals surface area (Å²) >= 11 is 0. The van der Waals surface area contributed by atoms with E-state index in [1.165, 1.54) is 38.5 Å². The second kappa shape index (κ2) is 12.1. The van der Waals surface area contributed by atoms with Crippen LogP contribution in [0.1, 0.15) is 77.6 Å². The topological polar surface area (TPSA) is 35.5 Å². The van der Waals surface area contributed by atoms with Gasteiger partial charge in [0.25, 0.3) is 0 Å². The maximum atomic E-state index is 11.7. The van der Waals surface area contributed by atoms with Gasteiger partial charge in [0, 0.05) is 6.42 Å². The SMILES string of the molecule is CCC[C@H]1/C=C\C(=O)CCCCCCCCCCOO1. The number of carbonyl (C=O) groups is 1. The van der Waals surface area contributed by atoms with Crippen LogP contribution in [0.4, 0.5) is 0 Å². The summed E-state index contributed by atoms with van der Waals surface area (Å²) in [6.07, 6.45) is 15.6. The summed E-state index contributed by atoms with van der Waals surface area (Å²) in [5.74, 6) is 0.210. The van der Waals surface area contributed by atoms with Crippen molar-refractivity contribution in [1.82, 2.24) is 0 Å². The number of rotatable bonds is 2. The lowest BCUT2D eigenvalue weighted by atomic mass is 10.1. The highest BCUT2D eigenvalue weighted by Crippen LogP contribution is 2.12. The maximum Gasteiger partial charge on any atom is 0.155 e. The van der Waals surface area contributed by atoms with Crippen molar-refractivity contribution < 1.29 is 14.6 Å². The normalized spacial score (nSPS) is 26.2. The quantitative estimate of drug-likeness (QED) is 0.685. The molecule has 0 spiro atoms. The molecule has 1 heterocycles. The Morgan fingerprint density at radius 2 is 1.70 bits per heavy atom. The van der Waals surface area contributed by atoms with Crippen LogP contribution in [0.15, 0.2) is 12.2 Å². The third-order valence-corrected chi connectivity index (χ3v) is 3.66. The Labute approximate surface area is 123 Å². The van der Waals surface area contributed by atoms with Gasteiger partial charge in [-0.3, -0.25) is 4.79 Å². The van der Waals surface area contributed by atoms with Crippen LogP contribution in [-0.4, -0.2) is 18.5 Å². The highest BCUT2D eigenvalue weighted by atomic mass is 17.2. The zero-order chi connectivity index (χ0) is 14.5. The minimum Gasteiger partial charge on any atom is -0.295 e. The molecule has 0 aliphatic carbocycles. The first-order valence-electron chi connectivity index (χ1n) is 8.32. The summed E-state index contributed by atoms with van der Waals surface area (Å²) < 4.78 is 0.